The molecule has 108 valence electrons. The molecular formula is C15H13BrN2O3. The van der Waals surface area contributed by atoms with Crippen LogP contribution in [0.15, 0.2) is 46.0 Å². The molecule has 2 rings (SSSR count). The smallest absolute Gasteiger partial charge is 0.170 e. The highest BCUT2D eigenvalue weighted by atomic mass is 79.9. The Morgan fingerprint density at radius 3 is 2.52 bits per heavy atom. The zero-order chi connectivity index (χ0) is 15.4. The first-order chi connectivity index (χ1) is 10.0. The van der Waals surface area contributed by atoms with Crippen molar-refractivity contribution < 1.29 is 15.4 Å². The largest absolute Gasteiger partial charge is 0.504 e. The second-order valence-electron chi connectivity index (χ2n) is 4.31. The molecular weight excluding hydrogens is 336 g/mol. The fourth-order valence-corrected chi connectivity index (χ4v) is 2.20. The van der Waals surface area contributed by atoms with E-state index in [1.807, 2.05) is 12.1 Å². The van der Waals surface area contributed by atoms with Crippen LogP contribution in [0.2, 0.25) is 0 Å². The van der Waals surface area contributed by atoms with Gasteiger partial charge in [-0.2, -0.15) is 0 Å². The first-order valence-electron chi connectivity index (χ1n) is 5.99. The van der Waals surface area contributed by atoms with Gasteiger partial charge in [0.05, 0.1) is 0 Å². The number of hydrogen-bond donors (Lipinski definition) is 4. The van der Waals surface area contributed by atoms with Gasteiger partial charge in [-0.3, -0.25) is 0 Å². The fraction of sp³-hybridized carbons (Fsp3) is 0. The lowest BCUT2D eigenvalue weighted by Gasteiger charge is -2.03. The summed E-state index contributed by atoms with van der Waals surface area (Å²) in [6.07, 6.45) is 3.58. The van der Waals surface area contributed by atoms with E-state index in [9.17, 15) is 10.2 Å². The molecule has 0 heterocycles. The van der Waals surface area contributed by atoms with Crippen molar-refractivity contribution in [3.8, 4) is 11.5 Å². The third-order valence-corrected chi connectivity index (χ3v) is 3.53. The van der Waals surface area contributed by atoms with Crippen LogP contribution in [0, 0.1) is 0 Å². The van der Waals surface area contributed by atoms with Crippen LogP contribution >= 0.6 is 15.9 Å². The predicted molar refractivity (Wildman–Crippen MR) is 85.4 cm³/mol. The molecule has 5 nitrogen and oxygen atoms in total. The van der Waals surface area contributed by atoms with E-state index in [-0.39, 0.29) is 17.3 Å². The van der Waals surface area contributed by atoms with E-state index in [2.05, 4.69) is 21.1 Å². The number of nitrogens with two attached hydrogens (primary N) is 1. The molecule has 5 N–H and O–H groups in total. The first kappa shape index (κ1) is 14.9. The van der Waals surface area contributed by atoms with Crippen LogP contribution in [-0.4, -0.2) is 21.3 Å². The highest BCUT2D eigenvalue weighted by molar-refractivity contribution is 9.10. The Labute approximate surface area is 129 Å². The van der Waals surface area contributed by atoms with Crippen molar-refractivity contribution >= 4 is 33.9 Å². The van der Waals surface area contributed by atoms with Crippen molar-refractivity contribution in [2.75, 3.05) is 0 Å². The fourth-order valence-electron chi connectivity index (χ4n) is 1.74. The van der Waals surface area contributed by atoms with E-state index < -0.39 is 0 Å². The summed E-state index contributed by atoms with van der Waals surface area (Å²) in [5.41, 5.74) is 7.70. The zero-order valence-corrected chi connectivity index (χ0v) is 12.4. The molecule has 0 aliphatic rings. The van der Waals surface area contributed by atoms with Gasteiger partial charge in [0.15, 0.2) is 17.3 Å². The van der Waals surface area contributed by atoms with Crippen LogP contribution in [0.4, 0.5) is 0 Å². The third kappa shape index (κ3) is 3.55. The molecule has 0 aromatic heterocycles. The van der Waals surface area contributed by atoms with E-state index in [4.69, 9.17) is 10.9 Å². The van der Waals surface area contributed by atoms with Gasteiger partial charge in [-0.15, -0.1) is 0 Å². The van der Waals surface area contributed by atoms with Gasteiger partial charge in [0.2, 0.25) is 0 Å². The minimum atomic E-state index is -0.191. The highest BCUT2D eigenvalue weighted by Crippen LogP contribution is 2.32. The molecule has 6 heteroatoms. The second kappa shape index (κ2) is 6.32. The maximum atomic E-state index is 9.51. The van der Waals surface area contributed by atoms with Gasteiger partial charge < -0.3 is 21.2 Å². The van der Waals surface area contributed by atoms with Crippen molar-refractivity contribution in [2.45, 2.75) is 0 Å². The van der Waals surface area contributed by atoms with E-state index in [0.29, 0.717) is 15.6 Å². The molecule has 0 spiro atoms. The Hall–Kier alpha value is -2.47. The number of nitrogens with zero attached hydrogens (tertiary/aromatic N) is 1. The van der Waals surface area contributed by atoms with E-state index in [1.54, 1.807) is 24.3 Å². The number of aromatic hydroxyl groups is 2. The molecule has 0 radical (unpaired) electrons. The number of phenols is 2. The standard InChI is InChI=1S/C15H13BrN2O3/c16-12-8-14(20)13(19)7-10(12)5-4-9-2-1-3-11(6-9)15(17)18-21/h1-8,19-21H,(H2,17,18). The molecule has 0 amide bonds. The van der Waals surface area contributed by atoms with Crippen molar-refractivity contribution in [3.63, 3.8) is 0 Å². The Morgan fingerprint density at radius 2 is 1.81 bits per heavy atom. The molecule has 0 atom stereocenters. The van der Waals surface area contributed by atoms with Crippen molar-refractivity contribution in [1.29, 1.82) is 0 Å². The molecule has 21 heavy (non-hydrogen) atoms. The van der Waals surface area contributed by atoms with Crippen LogP contribution in [0.25, 0.3) is 12.2 Å². The molecule has 2 aromatic carbocycles. The monoisotopic (exact) mass is 348 g/mol. The van der Waals surface area contributed by atoms with Gasteiger partial charge in [-0.05, 0) is 29.3 Å². The first-order valence-corrected chi connectivity index (χ1v) is 6.78. The Bertz CT molecular complexity index is 727. The summed E-state index contributed by atoms with van der Waals surface area (Å²) >= 11 is 3.31. The van der Waals surface area contributed by atoms with Gasteiger partial charge >= 0.3 is 0 Å². The zero-order valence-electron chi connectivity index (χ0n) is 10.9. The molecule has 0 aliphatic heterocycles. The van der Waals surface area contributed by atoms with Crippen molar-refractivity contribution in [3.05, 3.63) is 57.6 Å². The summed E-state index contributed by atoms with van der Waals surface area (Å²) < 4.78 is 0.654. The summed E-state index contributed by atoms with van der Waals surface area (Å²) in [6, 6.07) is 10.0. The quantitative estimate of drug-likeness (QED) is 0.171. The maximum absolute atomic E-state index is 9.51. The Kier molecular flexibility index (Phi) is 4.49. The third-order valence-electron chi connectivity index (χ3n) is 2.84. The second-order valence-corrected chi connectivity index (χ2v) is 5.16. The van der Waals surface area contributed by atoms with Crippen LogP contribution in [0.1, 0.15) is 16.7 Å². The predicted octanol–water partition coefficient (Wildman–Crippen LogP) is 3.13. The SMILES string of the molecule is N/C(=N\O)c1cccc(C=Cc2cc(O)c(O)cc2Br)c1. The van der Waals surface area contributed by atoms with Crippen LogP contribution < -0.4 is 5.73 Å². The topological polar surface area (TPSA) is 99.1 Å². The lowest BCUT2D eigenvalue weighted by molar-refractivity contribution is 0.318. The van der Waals surface area contributed by atoms with Crippen molar-refractivity contribution in [1.82, 2.24) is 0 Å². The molecule has 0 unspecified atom stereocenters. The average Bonchev–Trinajstić information content (AvgIpc) is 2.49. The summed E-state index contributed by atoms with van der Waals surface area (Å²) in [5.74, 6) is -0.343. The van der Waals surface area contributed by atoms with Gasteiger partial charge in [-0.1, -0.05) is 51.4 Å². The summed E-state index contributed by atoms with van der Waals surface area (Å²) in [5, 5.41) is 30.5. The number of phenolic OH excluding ortho intramolecular Hbond substituents is 2. The van der Waals surface area contributed by atoms with Crippen LogP contribution in [0.3, 0.4) is 0 Å². The van der Waals surface area contributed by atoms with Crippen LogP contribution in [-0.2, 0) is 0 Å². The number of benzene rings is 2. The number of hydrogen-bond acceptors (Lipinski definition) is 4. The normalized spacial score (nSPS) is 12.0. The lowest BCUT2D eigenvalue weighted by Crippen LogP contribution is -2.12. The molecule has 0 aliphatic carbocycles. The summed E-state index contributed by atoms with van der Waals surface area (Å²) in [6.45, 7) is 0. The van der Waals surface area contributed by atoms with Gasteiger partial charge in [0.25, 0.3) is 0 Å². The molecule has 0 bridgehead atoms. The molecule has 0 fully saturated rings. The van der Waals surface area contributed by atoms with Gasteiger partial charge in [-0.25, -0.2) is 0 Å². The number of oxime groups is 1. The van der Waals surface area contributed by atoms with E-state index >= 15 is 0 Å². The summed E-state index contributed by atoms with van der Waals surface area (Å²) in [4.78, 5) is 0. The number of halogens is 1. The minimum absolute atomic E-state index is 0.0358. The number of rotatable bonds is 3. The molecule has 2 aromatic rings. The van der Waals surface area contributed by atoms with E-state index in [1.165, 1.54) is 12.1 Å². The Balaban J connectivity index is 2.32. The van der Waals surface area contributed by atoms with Crippen molar-refractivity contribution in [2.24, 2.45) is 10.9 Å². The van der Waals surface area contributed by atoms with Gasteiger partial charge in [0, 0.05) is 10.0 Å². The maximum Gasteiger partial charge on any atom is 0.170 e. The molecule has 0 saturated carbocycles. The highest BCUT2D eigenvalue weighted by Gasteiger charge is 2.04. The summed E-state index contributed by atoms with van der Waals surface area (Å²) in [7, 11) is 0. The average molecular weight is 349 g/mol. The Morgan fingerprint density at radius 1 is 1.10 bits per heavy atom. The lowest BCUT2D eigenvalue weighted by atomic mass is 10.1. The van der Waals surface area contributed by atoms with E-state index in [0.717, 1.165) is 5.56 Å². The molecule has 0 saturated heterocycles. The minimum Gasteiger partial charge on any atom is -0.504 e. The number of amidine groups is 1. The van der Waals surface area contributed by atoms with Gasteiger partial charge in [0.1, 0.15) is 0 Å². The van der Waals surface area contributed by atoms with Crippen LogP contribution in [0.5, 0.6) is 11.5 Å².